The summed E-state index contributed by atoms with van der Waals surface area (Å²) in [7, 11) is 1.77. The van der Waals surface area contributed by atoms with Crippen LogP contribution < -0.4 is 10.6 Å². The highest BCUT2D eigenvalue weighted by Gasteiger charge is 2.17. The lowest BCUT2D eigenvalue weighted by molar-refractivity contribution is 0.507. The largest absolute Gasteiger partial charge is 0.469 e. The summed E-state index contributed by atoms with van der Waals surface area (Å²) >= 11 is 1.68. The van der Waals surface area contributed by atoms with Gasteiger partial charge >= 0.3 is 0 Å². The van der Waals surface area contributed by atoms with Gasteiger partial charge in [0.25, 0.3) is 0 Å². The third kappa shape index (κ3) is 4.87. The first-order chi connectivity index (χ1) is 10.5. The van der Waals surface area contributed by atoms with Gasteiger partial charge in [-0.25, -0.2) is 4.98 Å². The number of furan rings is 1. The Bertz CT molecular complexity index is 596. The lowest BCUT2D eigenvalue weighted by Crippen LogP contribution is -2.37. The Balaban J connectivity index is 1.77. The predicted molar refractivity (Wildman–Crippen MR) is 91.4 cm³/mol. The molecule has 2 aromatic rings. The Labute approximate surface area is 135 Å². The quantitative estimate of drug-likeness (QED) is 0.657. The van der Waals surface area contributed by atoms with Gasteiger partial charge in [-0.1, -0.05) is 20.8 Å². The average Bonchev–Trinajstić information content (AvgIpc) is 3.13. The maximum atomic E-state index is 5.30. The first-order valence-corrected chi connectivity index (χ1v) is 8.29. The molecule has 0 aliphatic heterocycles. The standard InChI is InChI=1S/C16H24N4OS/c1-16(2,3)13-11-22-14(20-13)10-19-15(17-4)18-8-7-12-6-5-9-21-12/h5-6,9,11H,7-8,10H2,1-4H3,(H2,17,18,19). The Morgan fingerprint density at radius 3 is 2.77 bits per heavy atom. The first-order valence-electron chi connectivity index (χ1n) is 7.41. The van der Waals surface area contributed by atoms with Crippen LogP contribution in [0.2, 0.25) is 0 Å². The van der Waals surface area contributed by atoms with Crippen molar-refractivity contribution in [1.82, 2.24) is 15.6 Å². The fourth-order valence-corrected chi connectivity index (χ4v) is 2.84. The zero-order valence-electron chi connectivity index (χ0n) is 13.6. The van der Waals surface area contributed by atoms with Gasteiger partial charge in [-0.05, 0) is 12.1 Å². The van der Waals surface area contributed by atoms with Crippen LogP contribution in [-0.4, -0.2) is 24.5 Å². The van der Waals surface area contributed by atoms with Crippen molar-refractivity contribution in [3.05, 3.63) is 40.2 Å². The molecule has 0 aromatic carbocycles. The molecule has 2 rings (SSSR count). The minimum atomic E-state index is 0.0950. The van der Waals surface area contributed by atoms with Gasteiger partial charge in [-0.3, -0.25) is 4.99 Å². The molecule has 0 bridgehead atoms. The summed E-state index contributed by atoms with van der Waals surface area (Å²) in [6, 6.07) is 3.87. The van der Waals surface area contributed by atoms with E-state index in [1.165, 1.54) is 0 Å². The van der Waals surface area contributed by atoms with Gasteiger partial charge in [0.05, 0.1) is 18.5 Å². The smallest absolute Gasteiger partial charge is 0.191 e. The summed E-state index contributed by atoms with van der Waals surface area (Å²) < 4.78 is 5.30. The van der Waals surface area contributed by atoms with Crippen LogP contribution in [0.15, 0.2) is 33.2 Å². The van der Waals surface area contributed by atoms with Crippen LogP contribution in [-0.2, 0) is 18.4 Å². The molecular formula is C16H24N4OS. The predicted octanol–water partition coefficient (Wildman–Crippen LogP) is 2.94. The van der Waals surface area contributed by atoms with Gasteiger partial charge in [0.15, 0.2) is 5.96 Å². The van der Waals surface area contributed by atoms with Gasteiger partial charge < -0.3 is 15.1 Å². The van der Waals surface area contributed by atoms with Crippen LogP contribution in [0.3, 0.4) is 0 Å². The number of hydrogen-bond acceptors (Lipinski definition) is 4. The van der Waals surface area contributed by atoms with E-state index in [-0.39, 0.29) is 5.41 Å². The monoisotopic (exact) mass is 320 g/mol. The average molecular weight is 320 g/mol. The number of aromatic nitrogens is 1. The van der Waals surface area contributed by atoms with Gasteiger partial charge in [0, 0.05) is 30.8 Å². The van der Waals surface area contributed by atoms with Gasteiger partial charge in [0.1, 0.15) is 10.8 Å². The minimum Gasteiger partial charge on any atom is -0.469 e. The molecule has 2 heterocycles. The Kier molecular flexibility index (Phi) is 5.60. The summed E-state index contributed by atoms with van der Waals surface area (Å²) in [4.78, 5) is 8.89. The topological polar surface area (TPSA) is 62.5 Å². The number of guanidine groups is 1. The van der Waals surface area contributed by atoms with Crippen molar-refractivity contribution in [1.29, 1.82) is 0 Å². The van der Waals surface area contributed by atoms with E-state index in [4.69, 9.17) is 4.42 Å². The number of aliphatic imine (C=N–C) groups is 1. The number of nitrogens with one attached hydrogen (secondary N) is 2. The second kappa shape index (κ2) is 7.45. The highest BCUT2D eigenvalue weighted by atomic mass is 32.1. The van der Waals surface area contributed by atoms with E-state index in [1.54, 1.807) is 24.6 Å². The van der Waals surface area contributed by atoms with Gasteiger partial charge in [-0.2, -0.15) is 0 Å². The summed E-state index contributed by atoms with van der Waals surface area (Å²) in [6.07, 6.45) is 2.52. The summed E-state index contributed by atoms with van der Waals surface area (Å²) in [5, 5.41) is 9.76. The Hall–Kier alpha value is -1.82. The molecule has 0 atom stereocenters. The van der Waals surface area contributed by atoms with Crippen LogP contribution in [0.1, 0.15) is 37.2 Å². The lowest BCUT2D eigenvalue weighted by Gasteiger charge is -2.14. The van der Waals surface area contributed by atoms with E-state index < -0.39 is 0 Å². The third-order valence-electron chi connectivity index (χ3n) is 3.19. The number of rotatable bonds is 5. The van der Waals surface area contributed by atoms with Crippen molar-refractivity contribution in [2.75, 3.05) is 13.6 Å². The summed E-state index contributed by atoms with van der Waals surface area (Å²) in [5.41, 5.74) is 1.23. The van der Waals surface area contributed by atoms with Crippen LogP contribution in [0.25, 0.3) is 0 Å². The molecule has 2 aromatic heterocycles. The molecule has 2 N–H and O–H groups in total. The molecular weight excluding hydrogens is 296 g/mol. The molecule has 0 fully saturated rings. The molecule has 0 amide bonds. The second-order valence-corrected chi connectivity index (χ2v) is 7.00. The SMILES string of the molecule is CN=C(NCCc1ccco1)NCc1nc(C(C)(C)C)cs1. The van der Waals surface area contributed by atoms with E-state index in [1.807, 2.05) is 12.1 Å². The first kappa shape index (κ1) is 16.5. The molecule has 0 saturated heterocycles. The molecule has 0 unspecified atom stereocenters. The second-order valence-electron chi connectivity index (χ2n) is 6.06. The number of thiazole rings is 1. The van der Waals surface area contributed by atoms with E-state index in [0.717, 1.165) is 35.4 Å². The van der Waals surface area contributed by atoms with Crippen LogP contribution >= 0.6 is 11.3 Å². The highest BCUT2D eigenvalue weighted by molar-refractivity contribution is 7.09. The van der Waals surface area contributed by atoms with Crippen molar-refractivity contribution in [2.24, 2.45) is 4.99 Å². The molecule has 0 saturated carbocycles. The highest BCUT2D eigenvalue weighted by Crippen LogP contribution is 2.23. The Morgan fingerprint density at radius 1 is 1.36 bits per heavy atom. The maximum absolute atomic E-state index is 5.30. The molecule has 120 valence electrons. The number of hydrogen-bond donors (Lipinski definition) is 2. The minimum absolute atomic E-state index is 0.0950. The fourth-order valence-electron chi connectivity index (χ4n) is 1.88. The van der Waals surface area contributed by atoms with Gasteiger partial charge in [0.2, 0.25) is 0 Å². The molecule has 6 heteroatoms. The zero-order valence-corrected chi connectivity index (χ0v) is 14.5. The van der Waals surface area contributed by atoms with Crippen LogP contribution in [0.5, 0.6) is 0 Å². The van der Waals surface area contributed by atoms with Gasteiger partial charge in [-0.15, -0.1) is 11.3 Å². The molecule has 0 radical (unpaired) electrons. The van der Waals surface area contributed by atoms with Crippen molar-refractivity contribution in [2.45, 2.75) is 39.2 Å². The molecule has 22 heavy (non-hydrogen) atoms. The van der Waals surface area contributed by atoms with Crippen molar-refractivity contribution in [3.63, 3.8) is 0 Å². The van der Waals surface area contributed by atoms with E-state index in [2.05, 4.69) is 46.8 Å². The third-order valence-corrected chi connectivity index (χ3v) is 4.04. The normalized spacial score (nSPS) is 12.5. The molecule has 0 spiro atoms. The van der Waals surface area contributed by atoms with E-state index >= 15 is 0 Å². The molecule has 5 nitrogen and oxygen atoms in total. The van der Waals surface area contributed by atoms with Crippen LogP contribution in [0, 0.1) is 0 Å². The maximum Gasteiger partial charge on any atom is 0.191 e. The van der Waals surface area contributed by atoms with Crippen molar-refractivity contribution < 1.29 is 4.42 Å². The molecule has 0 aliphatic rings. The zero-order chi connectivity index (χ0) is 16.0. The van der Waals surface area contributed by atoms with E-state index in [9.17, 15) is 0 Å². The van der Waals surface area contributed by atoms with Crippen molar-refractivity contribution in [3.8, 4) is 0 Å². The lowest BCUT2D eigenvalue weighted by atomic mass is 9.93. The number of nitrogens with zero attached hydrogens (tertiary/aromatic N) is 2. The molecule has 0 aliphatic carbocycles. The van der Waals surface area contributed by atoms with Crippen LogP contribution in [0.4, 0.5) is 0 Å². The van der Waals surface area contributed by atoms with E-state index in [0.29, 0.717) is 6.54 Å². The summed E-state index contributed by atoms with van der Waals surface area (Å²) in [6.45, 7) is 7.98. The summed E-state index contributed by atoms with van der Waals surface area (Å²) in [5.74, 6) is 1.75. The fraction of sp³-hybridized carbons (Fsp3) is 0.500. The van der Waals surface area contributed by atoms with Crippen molar-refractivity contribution >= 4 is 17.3 Å². The Morgan fingerprint density at radius 2 is 2.18 bits per heavy atom.